The fourth-order valence-corrected chi connectivity index (χ4v) is 1.80. The predicted octanol–water partition coefficient (Wildman–Crippen LogP) is 2.37. The number of methoxy groups -OCH3 is 1. The number of amides is 1. The normalized spacial score (nSPS) is 10.4. The Kier molecular flexibility index (Phi) is 5.53. The molecule has 8 heteroatoms. The van der Waals surface area contributed by atoms with Gasteiger partial charge in [0.25, 0.3) is 5.91 Å². The Morgan fingerprint density at radius 3 is 2.70 bits per heavy atom. The summed E-state index contributed by atoms with van der Waals surface area (Å²) in [6.45, 7) is 2.68. The molecule has 0 aliphatic carbocycles. The molecule has 0 spiro atoms. The van der Waals surface area contributed by atoms with Crippen molar-refractivity contribution in [3.63, 3.8) is 0 Å². The first-order valence-electron chi connectivity index (χ1n) is 6.84. The van der Waals surface area contributed by atoms with Gasteiger partial charge in [-0.2, -0.15) is 0 Å². The van der Waals surface area contributed by atoms with Crippen molar-refractivity contribution in [2.24, 2.45) is 0 Å². The monoisotopic (exact) mass is 322 g/mol. The lowest BCUT2D eigenvalue weighted by molar-refractivity contribution is 0.102. The van der Waals surface area contributed by atoms with Crippen molar-refractivity contribution in [3.8, 4) is 0 Å². The topological polar surface area (TPSA) is 76.1 Å². The van der Waals surface area contributed by atoms with Gasteiger partial charge >= 0.3 is 0 Å². The zero-order valence-corrected chi connectivity index (χ0v) is 12.7. The van der Waals surface area contributed by atoms with Crippen LogP contribution in [0.1, 0.15) is 16.2 Å². The van der Waals surface area contributed by atoms with Gasteiger partial charge in [0.15, 0.2) is 11.6 Å². The molecule has 0 aliphatic rings. The van der Waals surface area contributed by atoms with Crippen molar-refractivity contribution in [3.05, 3.63) is 47.3 Å². The number of nitrogens with zero attached hydrogens (tertiary/aromatic N) is 2. The number of benzene rings is 1. The van der Waals surface area contributed by atoms with E-state index in [1.165, 1.54) is 12.1 Å². The molecule has 2 N–H and O–H groups in total. The number of rotatable bonds is 6. The van der Waals surface area contributed by atoms with Crippen LogP contribution in [-0.2, 0) is 4.74 Å². The molecule has 0 unspecified atom stereocenters. The number of anilines is 2. The van der Waals surface area contributed by atoms with E-state index in [0.717, 1.165) is 12.1 Å². The van der Waals surface area contributed by atoms with Crippen LogP contribution in [0, 0.1) is 18.6 Å². The highest BCUT2D eigenvalue weighted by atomic mass is 19.2. The second-order valence-corrected chi connectivity index (χ2v) is 4.72. The summed E-state index contributed by atoms with van der Waals surface area (Å²) in [6.07, 6.45) is 0. The number of carbonyl (C=O) groups is 1. The van der Waals surface area contributed by atoms with Crippen LogP contribution in [0.2, 0.25) is 0 Å². The Labute approximate surface area is 131 Å². The van der Waals surface area contributed by atoms with Crippen LogP contribution in [0.15, 0.2) is 24.3 Å². The summed E-state index contributed by atoms with van der Waals surface area (Å²) in [6, 6.07) is 4.60. The Bertz CT molecular complexity index is 710. The highest BCUT2D eigenvalue weighted by molar-refractivity contribution is 6.03. The number of carbonyl (C=O) groups excluding carboxylic acids is 1. The first kappa shape index (κ1) is 16.8. The Morgan fingerprint density at radius 1 is 1.22 bits per heavy atom. The molecular weight excluding hydrogens is 306 g/mol. The van der Waals surface area contributed by atoms with Gasteiger partial charge in [-0.3, -0.25) is 4.79 Å². The first-order valence-corrected chi connectivity index (χ1v) is 6.84. The largest absolute Gasteiger partial charge is 0.383 e. The fourth-order valence-electron chi connectivity index (χ4n) is 1.80. The van der Waals surface area contributed by atoms with Gasteiger partial charge in [-0.15, -0.1) is 0 Å². The van der Waals surface area contributed by atoms with E-state index in [9.17, 15) is 13.6 Å². The minimum absolute atomic E-state index is 0.113. The highest BCUT2D eigenvalue weighted by Gasteiger charge is 2.12. The maximum absolute atomic E-state index is 13.2. The van der Waals surface area contributed by atoms with E-state index in [4.69, 9.17) is 4.74 Å². The molecule has 0 saturated carbocycles. The molecule has 23 heavy (non-hydrogen) atoms. The van der Waals surface area contributed by atoms with E-state index in [2.05, 4.69) is 20.6 Å². The zero-order chi connectivity index (χ0) is 16.8. The lowest BCUT2D eigenvalue weighted by Crippen LogP contribution is -2.17. The number of halogens is 2. The summed E-state index contributed by atoms with van der Waals surface area (Å²) in [4.78, 5) is 20.4. The van der Waals surface area contributed by atoms with E-state index in [1.807, 2.05) is 0 Å². The third-order valence-corrected chi connectivity index (χ3v) is 2.85. The van der Waals surface area contributed by atoms with Gasteiger partial charge in [0, 0.05) is 31.1 Å². The van der Waals surface area contributed by atoms with Crippen LogP contribution >= 0.6 is 0 Å². The lowest BCUT2D eigenvalue weighted by Gasteiger charge is -2.09. The number of hydrogen-bond donors (Lipinski definition) is 2. The van der Waals surface area contributed by atoms with Crippen molar-refractivity contribution >= 4 is 17.5 Å². The van der Waals surface area contributed by atoms with Crippen molar-refractivity contribution in [1.29, 1.82) is 0 Å². The minimum Gasteiger partial charge on any atom is -0.383 e. The second kappa shape index (κ2) is 7.59. The molecule has 0 fully saturated rings. The van der Waals surface area contributed by atoms with Gasteiger partial charge < -0.3 is 15.4 Å². The van der Waals surface area contributed by atoms with Crippen LogP contribution < -0.4 is 10.6 Å². The number of nitrogens with one attached hydrogen (secondary N) is 2. The highest BCUT2D eigenvalue weighted by Crippen LogP contribution is 2.14. The smallest absolute Gasteiger partial charge is 0.274 e. The summed E-state index contributed by atoms with van der Waals surface area (Å²) in [7, 11) is 1.57. The molecule has 2 rings (SSSR count). The third kappa shape index (κ3) is 4.68. The SMILES string of the molecule is COCCNc1nc(C)cc(C(=O)Nc2ccc(F)c(F)c2)n1. The summed E-state index contributed by atoms with van der Waals surface area (Å²) < 4.78 is 31.0. The molecule has 1 amide bonds. The molecule has 2 aromatic rings. The standard InChI is InChI=1S/C15H16F2N4O2/c1-9-7-13(21-15(19-9)18-5-6-23-2)14(22)20-10-3-4-11(16)12(17)8-10/h3-4,7-8H,5-6H2,1-2H3,(H,20,22)(H,18,19,21). The maximum atomic E-state index is 13.2. The summed E-state index contributed by atoms with van der Waals surface area (Å²) in [5, 5.41) is 5.38. The minimum atomic E-state index is -1.04. The van der Waals surface area contributed by atoms with Gasteiger partial charge in [-0.1, -0.05) is 0 Å². The van der Waals surface area contributed by atoms with Crippen LogP contribution in [0.4, 0.5) is 20.4 Å². The number of aryl methyl sites for hydroxylation is 1. The number of hydrogen-bond acceptors (Lipinski definition) is 5. The van der Waals surface area contributed by atoms with E-state index in [-0.39, 0.29) is 17.3 Å². The van der Waals surface area contributed by atoms with Gasteiger partial charge in [-0.05, 0) is 25.1 Å². The van der Waals surface area contributed by atoms with Gasteiger partial charge in [0.05, 0.1) is 6.61 Å². The fraction of sp³-hybridized carbons (Fsp3) is 0.267. The Balaban J connectivity index is 2.13. The van der Waals surface area contributed by atoms with Gasteiger partial charge in [-0.25, -0.2) is 18.7 Å². The second-order valence-electron chi connectivity index (χ2n) is 4.72. The van der Waals surface area contributed by atoms with E-state index >= 15 is 0 Å². The quantitative estimate of drug-likeness (QED) is 0.799. The molecule has 6 nitrogen and oxygen atoms in total. The molecule has 1 heterocycles. The summed E-state index contributed by atoms with van der Waals surface area (Å²) in [5.41, 5.74) is 0.844. The molecule has 1 aromatic carbocycles. The predicted molar refractivity (Wildman–Crippen MR) is 81.4 cm³/mol. The molecule has 0 saturated heterocycles. The van der Waals surface area contributed by atoms with E-state index < -0.39 is 17.5 Å². The van der Waals surface area contributed by atoms with Gasteiger partial charge in [0.2, 0.25) is 5.95 Å². The van der Waals surface area contributed by atoms with Crippen molar-refractivity contribution in [2.75, 3.05) is 30.9 Å². The first-order chi connectivity index (χ1) is 11.0. The van der Waals surface area contributed by atoms with Crippen molar-refractivity contribution in [1.82, 2.24) is 9.97 Å². The average Bonchev–Trinajstić information content (AvgIpc) is 2.51. The van der Waals surface area contributed by atoms with Crippen LogP contribution in [-0.4, -0.2) is 36.1 Å². The number of ether oxygens (including phenoxy) is 1. The molecule has 1 aromatic heterocycles. The molecule has 122 valence electrons. The lowest BCUT2D eigenvalue weighted by atomic mass is 10.2. The third-order valence-electron chi connectivity index (χ3n) is 2.85. The van der Waals surface area contributed by atoms with E-state index in [1.54, 1.807) is 14.0 Å². The Morgan fingerprint density at radius 2 is 2.00 bits per heavy atom. The van der Waals surface area contributed by atoms with Gasteiger partial charge in [0.1, 0.15) is 5.69 Å². The molecule has 0 atom stereocenters. The summed E-state index contributed by atoms with van der Waals surface area (Å²) in [5.74, 6) is -2.28. The molecule has 0 bridgehead atoms. The van der Waals surface area contributed by atoms with Crippen molar-refractivity contribution < 1.29 is 18.3 Å². The van der Waals surface area contributed by atoms with Crippen LogP contribution in [0.5, 0.6) is 0 Å². The van der Waals surface area contributed by atoms with Crippen molar-refractivity contribution in [2.45, 2.75) is 6.92 Å². The average molecular weight is 322 g/mol. The van der Waals surface area contributed by atoms with Crippen LogP contribution in [0.3, 0.4) is 0 Å². The number of aromatic nitrogens is 2. The molecule has 0 radical (unpaired) electrons. The molecule has 0 aliphatic heterocycles. The summed E-state index contributed by atoms with van der Waals surface area (Å²) >= 11 is 0. The Hall–Kier alpha value is -2.61. The van der Waals surface area contributed by atoms with Crippen LogP contribution in [0.25, 0.3) is 0 Å². The van der Waals surface area contributed by atoms with E-state index in [0.29, 0.717) is 18.8 Å². The zero-order valence-electron chi connectivity index (χ0n) is 12.7. The molecular formula is C15H16F2N4O2. The maximum Gasteiger partial charge on any atom is 0.274 e.